The molecule has 0 aliphatic carbocycles. The van der Waals surface area contributed by atoms with Gasteiger partial charge in [-0.1, -0.05) is 48.5 Å². The Bertz CT molecular complexity index is 1110. The van der Waals surface area contributed by atoms with Gasteiger partial charge in [-0.2, -0.15) is 5.10 Å². The summed E-state index contributed by atoms with van der Waals surface area (Å²) in [6, 6.07) is 18.9. The van der Waals surface area contributed by atoms with Gasteiger partial charge in [-0.3, -0.25) is 14.8 Å². The number of nitrogens with zero attached hydrogens (tertiary/aromatic N) is 2. The molecule has 8 heteroatoms. The highest BCUT2D eigenvalue weighted by atomic mass is 16.6. The van der Waals surface area contributed by atoms with Crippen LogP contribution in [-0.4, -0.2) is 46.8 Å². The number of carbonyl (C=O) groups excluding carboxylic acids is 2. The topological polar surface area (TPSA) is 99.3 Å². The Balaban J connectivity index is 1.48. The molecule has 0 unspecified atom stereocenters. The Hall–Kier alpha value is -3.65. The Morgan fingerprint density at radius 3 is 2.45 bits per heavy atom. The van der Waals surface area contributed by atoms with Crippen molar-refractivity contribution in [1.82, 2.24) is 20.4 Å². The first-order chi connectivity index (χ1) is 15.9. The Morgan fingerprint density at radius 2 is 1.79 bits per heavy atom. The third kappa shape index (κ3) is 4.75. The average Bonchev–Trinajstić information content (AvgIpc) is 3.33. The minimum Gasteiger partial charge on any atom is -0.444 e. The molecule has 1 aliphatic heterocycles. The number of hydrogen-bond donors (Lipinski definition) is 3. The lowest BCUT2D eigenvalue weighted by Crippen LogP contribution is -2.44. The number of carbonyl (C=O) groups is 2. The van der Waals surface area contributed by atoms with Crippen molar-refractivity contribution in [2.45, 2.75) is 38.5 Å². The maximum Gasteiger partial charge on any atom is 0.411 e. The van der Waals surface area contributed by atoms with Crippen molar-refractivity contribution < 1.29 is 14.3 Å². The number of hydrogen-bond acceptors (Lipinski definition) is 5. The number of anilines is 1. The second kappa shape index (κ2) is 9.46. The third-order valence-corrected chi connectivity index (χ3v) is 5.96. The van der Waals surface area contributed by atoms with Crippen molar-refractivity contribution in [3.63, 3.8) is 0 Å². The predicted octanol–water partition coefficient (Wildman–Crippen LogP) is 3.68. The smallest absolute Gasteiger partial charge is 0.411 e. The molecule has 0 saturated heterocycles. The molecular weight excluding hydrogens is 418 g/mol. The molecule has 0 bridgehead atoms. The molecule has 1 aromatic heterocycles. The summed E-state index contributed by atoms with van der Waals surface area (Å²) >= 11 is 0. The van der Waals surface area contributed by atoms with Crippen LogP contribution in [0.4, 0.5) is 10.6 Å². The zero-order chi connectivity index (χ0) is 23.4. The molecule has 0 fully saturated rings. The van der Waals surface area contributed by atoms with Gasteiger partial charge in [0.1, 0.15) is 6.10 Å². The third-order valence-electron chi connectivity index (χ3n) is 5.96. The minimum absolute atomic E-state index is 0.249. The fraction of sp³-hybridized carbons (Fsp3) is 0.320. The van der Waals surface area contributed by atoms with Crippen LogP contribution in [-0.2, 0) is 23.2 Å². The van der Waals surface area contributed by atoms with E-state index in [1.165, 1.54) is 0 Å². The van der Waals surface area contributed by atoms with E-state index in [0.29, 0.717) is 30.9 Å². The first-order valence-electron chi connectivity index (χ1n) is 11.0. The van der Waals surface area contributed by atoms with Crippen LogP contribution in [0.2, 0.25) is 0 Å². The molecule has 1 atom stereocenters. The van der Waals surface area contributed by atoms with Crippen LogP contribution in [0.3, 0.4) is 0 Å². The fourth-order valence-corrected chi connectivity index (χ4v) is 4.15. The summed E-state index contributed by atoms with van der Waals surface area (Å²) in [5.41, 5.74) is 2.56. The van der Waals surface area contributed by atoms with Crippen molar-refractivity contribution in [2.24, 2.45) is 0 Å². The molecule has 2 amide bonds. The standard InChI is InChI=1S/C25H29N5O3/c1-25(2)21-20(22(29-28-21)27-23(31)18-12-8-5-9-13-18)16-30(25)24(32)33-19(15-26-3)14-17-10-6-4-7-11-17/h4-13,19,26H,14-16H2,1-3H3,(H2,27,28,29,31)/t19-/m0/s1. The van der Waals surface area contributed by atoms with Crippen LogP contribution in [0.25, 0.3) is 0 Å². The second-order valence-electron chi connectivity index (χ2n) is 8.64. The summed E-state index contributed by atoms with van der Waals surface area (Å²) in [6.45, 7) is 4.70. The first-order valence-corrected chi connectivity index (χ1v) is 11.0. The van der Waals surface area contributed by atoms with Gasteiger partial charge < -0.3 is 15.4 Å². The van der Waals surface area contributed by atoms with Gasteiger partial charge in [0.2, 0.25) is 0 Å². The number of aromatic nitrogens is 2. The molecule has 2 heterocycles. The first kappa shape index (κ1) is 22.5. The number of likely N-dealkylation sites (N-methyl/N-ethyl adjacent to an activating group) is 1. The lowest BCUT2D eigenvalue weighted by Gasteiger charge is -2.32. The van der Waals surface area contributed by atoms with Gasteiger partial charge in [-0.15, -0.1) is 0 Å². The molecule has 0 saturated carbocycles. The van der Waals surface area contributed by atoms with E-state index < -0.39 is 11.6 Å². The maximum atomic E-state index is 13.2. The van der Waals surface area contributed by atoms with Crippen LogP contribution in [0.5, 0.6) is 0 Å². The number of nitrogens with one attached hydrogen (secondary N) is 3. The van der Waals surface area contributed by atoms with Gasteiger partial charge >= 0.3 is 6.09 Å². The van der Waals surface area contributed by atoms with Crippen molar-refractivity contribution in [3.8, 4) is 0 Å². The molecule has 0 radical (unpaired) electrons. The van der Waals surface area contributed by atoms with Crippen molar-refractivity contribution >= 4 is 17.8 Å². The SMILES string of the molecule is CNC[C@H](Cc1ccccc1)OC(=O)N1Cc2c(NC(=O)c3ccccc3)n[nH]c2C1(C)C. The van der Waals surface area contributed by atoms with Gasteiger partial charge in [0, 0.05) is 24.1 Å². The van der Waals surface area contributed by atoms with Crippen LogP contribution in [0.1, 0.15) is 41.0 Å². The Morgan fingerprint density at radius 1 is 1.12 bits per heavy atom. The van der Waals surface area contributed by atoms with Gasteiger partial charge in [-0.25, -0.2) is 4.79 Å². The molecule has 3 aromatic rings. The lowest BCUT2D eigenvalue weighted by atomic mass is 10.0. The van der Waals surface area contributed by atoms with Crippen LogP contribution in [0, 0.1) is 0 Å². The normalized spacial score (nSPS) is 15.1. The largest absolute Gasteiger partial charge is 0.444 e. The average molecular weight is 448 g/mol. The van der Waals surface area contributed by atoms with E-state index in [2.05, 4.69) is 20.8 Å². The summed E-state index contributed by atoms with van der Waals surface area (Å²) in [5, 5.41) is 13.3. The van der Waals surface area contributed by atoms with Crippen LogP contribution in [0.15, 0.2) is 60.7 Å². The highest BCUT2D eigenvalue weighted by Crippen LogP contribution is 2.41. The van der Waals surface area contributed by atoms with Crippen molar-refractivity contribution in [2.75, 3.05) is 18.9 Å². The van der Waals surface area contributed by atoms with Gasteiger partial charge in [0.25, 0.3) is 5.91 Å². The Labute approximate surface area is 193 Å². The molecule has 2 aromatic carbocycles. The predicted molar refractivity (Wildman–Crippen MR) is 126 cm³/mol. The van der Waals surface area contributed by atoms with Crippen LogP contribution < -0.4 is 10.6 Å². The van der Waals surface area contributed by atoms with Crippen molar-refractivity contribution in [3.05, 3.63) is 83.0 Å². The number of amides is 2. The Kier molecular flexibility index (Phi) is 6.46. The second-order valence-corrected chi connectivity index (χ2v) is 8.64. The van der Waals surface area contributed by atoms with E-state index in [4.69, 9.17) is 4.74 Å². The highest BCUT2D eigenvalue weighted by molar-refractivity contribution is 6.04. The number of H-pyrrole nitrogens is 1. The molecule has 1 aliphatic rings. The molecule has 0 spiro atoms. The molecular formula is C25H29N5O3. The zero-order valence-corrected chi connectivity index (χ0v) is 19.1. The van der Waals surface area contributed by atoms with E-state index in [0.717, 1.165) is 16.8 Å². The van der Waals surface area contributed by atoms with E-state index in [-0.39, 0.29) is 12.0 Å². The minimum atomic E-state index is -0.661. The molecule has 8 nitrogen and oxygen atoms in total. The van der Waals surface area contributed by atoms with Crippen molar-refractivity contribution in [1.29, 1.82) is 0 Å². The number of benzene rings is 2. The summed E-state index contributed by atoms with van der Waals surface area (Å²) in [6.07, 6.45) is -0.0939. The van der Waals surface area contributed by atoms with Gasteiger partial charge in [-0.05, 0) is 38.6 Å². The highest BCUT2D eigenvalue weighted by Gasteiger charge is 2.45. The molecule has 172 valence electrons. The number of ether oxygens (including phenoxy) is 1. The van der Waals surface area contributed by atoms with Gasteiger partial charge in [0.05, 0.1) is 17.8 Å². The molecule has 33 heavy (non-hydrogen) atoms. The number of fused-ring (bicyclic) bond motifs is 1. The van der Waals surface area contributed by atoms with E-state index in [1.807, 2.05) is 69.4 Å². The molecule has 4 rings (SSSR count). The summed E-state index contributed by atoms with van der Waals surface area (Å²) < 4.78 is 5.91. The number of aromatic amines is 1. The monoisotopic (exact) mass is 447 g/mol. The molecule has 3 N–H and O–H groups in total. The fourth-order valence-electron chi connectivity index (χ4n) is 4.15. The summed E-state index contributed by atoms with van der Waals surface area (Å²) in [4.78, 5) is 27.5. The maximum absolute atomic E-state index is 13.2. The van der Waals surface area contributed by atoms with Crippen LogP contribution >= 0.6 is 0 Å². The van der Waals surface area contributed by atoms with E-state index >= 15 is 0 Å². The summed E-state index contributed by atoms with van der Waals surface area (Å²) in [5.74, 6) is 0.180. The quantitative estimate of drug-likeness (QED) is 0.513. The van der Waals surface area contributed by atoms with E-state index in [1.54, 1.807) is 17.0 Å². The van der Waals surface area contributed by atoms with E-state index in [9.17, 15) is 9.59 Å². The zero-order valence-electron chi connectivity index (χ0n) is 19.1. The van der Waals surface area contributed by atoms with Gasteiger partial charge in [0.15, 0.2) is 5.82 Å². The summed E-state index contributed by atoms with van der Waals surface area (Å²) in [7, 11) is 1.84. The number of rotatable bonds is 7. The lowest BCUT2D eigenvalue weighted by molar-refractivity contribution is 0.0356.